The van der Waals surface area contributed by atoms with Gasteiger partial charge in [-0.05, 0) is 81.5 Å². The molecule has 2 nitrogen and oxygen atoms in total. The van der Waals surface area contributed by atoms with Crippen molar-refractivity contribution in [2.24, 2.45) is 0 Å². The van der Waals surface area contributed by atoms with Crippen LogP contribution >= 0.6 is 43.6 Å². The molecule has 0 fully saturated rings. The SMILES string of the molecule is CC(CCc1ccc(F)cc1)(Cn1ccnc1)Sc1c(Br)cccc1Br. The van der Waals surface area contributed by atoms with Crippen molar-refractivity contribution in [1.82, 2.24) is 9.55 Å². The highest BCUT2D eigenvalue weighted by Gasteiger charge is 2.28. The highest BCUT2D eigenvalue weighted by Crippen LogP contribution is 2.44. The quantitative estimate of drug-likeness (QED) is 0.336. The molecule has 3 aromatic rings. The molecule has 0 spiro atoms. The summed E-state index contributed by atoms with van der Waals surface area (Å²) < 4.78 is 17.4. The Kier molecular flexibility index (Phi) is 6.59. The van der Waals surface area contributed by atoms with E-state index < -0.39 is 0 Å². The van der Waals surface area contributed by atoms with Gasteiger partial charge >= 0.3 is 0 Å². The number of imidazole rings is 1. The summed E-state index contributed by atoms with van der Waals surface area (Å²) in [6, 6.07) is 12.9. The van der Waals surface area contributed by atoms with Crippen LogP contribution in [0.15, 0.2) is 75.0 Å². The lowest BCUT2D eigenvalue weighted by molar-refractivity contribution is 0.495. The van der Waals surface area contributed by atoms with Crippen LogP contribution in [-0.2, 0) is 13.0 Å². The van der Waals surface area contributed by atoms with Crippen molar-refractivity contribution in [2.45, 2.75) is 36.0 Å². The zero-order chi connectivity index (χ0) is 18.6. The molecule has 0 aliphatic carbocycles. The minimum absolute atomic E-state index is 0.0541. The van der Waals surface area contributed by atoms with Crippen LogP contribution < -0.4 is 0 Å². The Morgan fingerprint density at radius 3 is 2.42 bits per heavy atom. The number of aromatic nitrogens is 2. The van der Waals surface area contributed by atoms with Gasteiger partial charge in [0.1, 0.15) is 5.82 Å². The second-order valence-electron chi connectivity index (χ2n) is 6.46. The molecule has 2 aromatic carbocycles. The number of thioether (sulfide) groups is 1. The maximum atomic E-state index is 13.2. The van der Waals surface area contributed by atoms with E-state index in [-0.39, 0.29) is 10.6 Å². The Hall–Kier alpha value is -1.11. The van der Waals surface area contributed by atoms with Gasteiger partial charge in [-0.25, -0.2) is 9.37 Å². The zero-order valence-electron chi connectivity index (χ0n) is 14.3. The predicted octanol–water partition coefficient (Wildman–Crippen LogP) is 6.73. The van der Waals surface area contributed by atoms with Crippen LogP contribution in [0.4, 0.5) is 4.39 Å². The van der Waals surface area contributed by atoms with E-state index in [0.717, 1.165) is 33.9 Å². The van der Waals surface area contributed by atoms with E-state index in [4.69, 9.17) is 0 Å². The molecule has 0 bridgehead atoms. The minimum atomic E-state index is -0.193. The smallest absolute Gasteiger partial charge is 0.123 e. The molecule has 0 aliphatic rings. The Bertz CT molecular complexity index is 833. The molecule has 0 saturated carbocycles. The van der Waals surface area contributed by atoms with E-state index in [9.17, 15) is 4.39 Å². The number of aryl methyl sites for hydroxylation is 1. The lowest BCUT2D eigenvalue weighted by atomic mass is 10.00. The molecule has 1 heterocycles. The van der Waals surface area contributed by atoms with Gasteiger partial charge in [-0.2, -0.15) is 0 Å². The number of benzene rings is 2. The van der Waals surface area contributed by atoms with E-state index in [2.05, 4.69) is 60.5 Å². The van der Waals surface area contributed by atoms with Crippen molar-refractivity contribution in [2.75, 3.05) is 0 Å². The average Bonchev–Trinajstić information content (AvgIpc) is 3.11. The van der Waals surface area contributed by atoms with Crippen molar-refractivity contribution >= 4 is 43.6 Å². The van der Waals surface area contributed by atoms with Crippen LogP contribution in [-0.4, -0.2) is 14.3 Å². The Labute approximate surface area is 174 Å². The second-order valence-corrected chi connectivity index (χ2v) is 9.77. The summed E-state index contributed by atoms with van der Waals surface area (Å²) in [7, 11) is 0. The van der Waals surface area contributed by atoms with Crippen molar-refractivity contribution < 1.29 is 4.39 Å². The van der Waals surface area contributed by atoms with Crippen LogP contribution in [0.3, 0.4) is 0 Å². The third-order valence-corrected chi connectivity index (χ3v) is 7.52. The molecule has 3 rings (SSSR count). The largest absolute Gasteiger partial charge is 0.336 e. The van der Waals surface area contributed by atoms with Gasteiger partial charge in [0.25, 0.3) is 0 Å². The first-order chi connectivity index (χ1) is 12.5. The van der Waals surface area contributed by atoms with Crippen LogP contribution in [0.5, 0.6) is 0 Å². The van der Waals surface area contributed by atoms with Gasteiger partial charge in [-0.3, -0.25) is 0 Å². The lowest BCUT2D eigenvalue weighted by Gasteiger charge is -2.30. The van der Waals surface area contributed by atoms with Gasteiger partial charge in [0.2, 0.25) is 0 Å². The van der Waals surface area contributed by atoms with Crippen molar-refractivity contribution in [1.29, 1.82) is 0 Å². The first-order valence-electron chi connectivity index (χ1n) is 8.28. The second kappa shape index (κ2) is 8.72. The van der Waals surface area contributed by atoms with E-state index in [1.807, 2.05) is 42.5 Å². The van der Waals surface area contributed by atoms with Crippen LogP contribution in [0.2, 0.25) is 0 Å². The van der Waals surface area contributed by atoms with Crippen molar-refractivity contribution in [3.8, 4) is 0 Å². The highest BCUT2D eigenvalue weighted by atomic mass is 79.9. The average molecular weight is 498 g/mol. The van der Waals surface area contributed by atoms with Gasteiger partial charge in [0.15, 0.2) is 0 Å². The molecule has 1 atom stereocenters. The molecule has 0 radical (unpaired) electrons. The Balaban J connectivity index is 1.82. The van der Waals surface area contributed by atoms with Gasteiger partial charge in [0.05, 0.1) is 6.33 Å². The van der Waals surface area contributed by atoms with E-state index in [1.54, 1.807) is 6.20 Å². The van der Waals surface area contributed by atoms with E-state index in [0.29, 0.717) is 0 Å². The molecule has 1 unspecified atom stereocenters. The first kappa shape index (κ1) is 19.6. The number of halogens is 3. The molecule has 136 valence electrons. The van der Waals surface area contributed by atoms with E-state index >= 15 is 0 Å². The fourth-order valence-electron chi connectivity index (χ4n) is 2.82. The number of rotatable bonds is 7. The summed E-state index contributed by atoms with van der Waals surface area (Å²) in [6.45, 7) is 3.11. The zero-order valence-corrected chi connectivity index (χ0v) is 18.3. The number of hydrogen-bond acceptors (Lipinski definition) is 2. The standard InChI is InChI=1S/C20H19Br2FN2S/c1-20(13-25-12-11-24-14-25,10-9-15-5-7-16(23)8-6-15)26-19-17(21)3-2-4-18(19)22/h2-8,11-12,14H,9-10,13H2,1H3. The minimum Gasteiger partial charge on any atom is -0.336 e. The fourth-order valence-corrected chi connectivity index (χ4v) is 5.54. The lowest BCUT2D eigenvalue weighted by Crippen LogP contribution is -2.27. The van der Waals surface area contributed by atoms with Crippen LogP contribution in [0, 0.1) is 5.82 Å². The van der Waals surface area contributed by atoms with Crippen molar-refractivity contribution in [3.63, 3.8) is 0 Å². The van der Waals surface area contributed by atoms with Gasteiger partial charge in [0, 0.05) is 37.5 Å². The molecule has 0 amide bonds. The summed E-state index contributed by atoms with van der Waals surface area (Å²) in [5, 5.41) is 0. The summed E-state index contributed by atoms with van der Waals surface area (Å²) in [6.07, 6.45) is 7.49. The molecule has 6 heteroatoms. The molecular weight excluding hydrogens is 479 g/mol. The Morgan fingerprint density at radius 1 is 1.12 bits per heavy atom. The molecule has 26 heavy (non-hydrogen) atoms. The van der Waals surface area contributed by atoms with Crippen molar-refractivity contribution in [3.05, 3.63) is 81.5 Å². The fraction of sp³-hybridized carbons (Fsp3) is 0.250. The third-order valence-electron chi connectivity index (χ3n) is 4.20. The highest BCUT2D eigenvalue weighted by molar-refractivity contribution is 9.11. The summed E-state index contributed by atoms with van der Waals surface area (Å²) in [5.41, 5.74) is 1.15. The van der Waals surface area contributed by atoms with Crippen LogP contribution in [0.25, 0.3) is 0 Å². The molecule has 0 aliphatic heterocycles. The summed E-state index contributed by atoms with van der Waals surface area (Å²) in [4.78, 5) is 5.36. The number of hydrogen-bond donors (Lipinski definition) is 0. The van der Waals surface area contributed by atoms with E-state index in [1.165, 1.54) is 17.0 Å². The molecule has 1 aromatic heterocycles. The summed E-state index contributed by atoms with van der Waals surface area (Å²) in [5.74, 6) is -0.193. The third kappa shape index (κ3) is 5.21. The summed E-state index contributed by atoms with van der Waals surface area (Å²) >= 11 is 9.19. The van der Waals surface area contributed by atoms with Gasteiger partial charge in [-0.1, -0.05) is 18.2 Å². The number of nitrogens with zero attached hydrogens (tertiary/aromatic N) is 2. The monoisotopic (exact) mass is 496 g/mol. The maximum absolute atomic E-state index is 13.2. The first-order valence-corrected chi connectivity index (χ1v) is 10.7. The maximum Gasteiger partial charge on any atom is 0.123 e. The van der Waals surface area contributed by atoms with Gasteiger partial charge in [-0.15, -0.1) is 11.8 Å². The predicted molar refractivity (Wildman–Crippen MR) is 113 cm³/mol. The molecule has 0 N–H and O–H groups in total. The topological polar surface area (TPSA) is 17.8 Å². The molecular formula is C20H19Br2FN2S. The Morgan fingerprint density at radius 2 is 1.81 bits per heavy atom. The van der Waals surface area contributed by atoms with Gasteiger partial charge < -0.3 is 4.57 Å². The normalized spacial score (nSPS) is 13.5. The van der Waals surface area contributed by atoms with Crippen LogP contribution in [0.1, 0.15) is 18.9 Å². The molecule has 0 saturated heterocycles.